The van der Waals surface area contributed by atoms with E-state index in [1.165, 1.54) is 37.3 Å². The number of pyridine rings is 1. The van der Waals surface area contributed by atoms with E-state index in [0.717, 1.165) is 37.9 Å². The molecule has 0 saturated heterocycles. The molecule has 186 valence electrons. The van der Waals surface area contributed by atoms with Crippen molar-refractivity contribution in [3.63, 3.8) is 0 Å². The van der Waals surface area contributed by atoms with E-state index in [1.54, 1.807) is 25.3 Å². The number of aliphatic hydroxyl groups excluding tert-OH is 1. The van der Waals surface area contributed by atoms with Crippen molar-refractivity contribution in [3.8, 4) is 11.5 Å². The highest BCUT2D eigenvalue weighted by atomic mass is 16.5. The average Bonchev–Trinajstić information content (AvgIpc) is 2.87. The van der Waals surface area contributed by atoms with Gasteiger partial charge in [-0.05, 0) is 61.6 Å². The highest BCUT2D eigenvalue weighted by Crippen LogP contribution is 2.20. The second-order valence-corrected chi connectivity index (χ2v) is 8.27. The van der Waals surface area contributed by atoms with Gasteiger partial charge < -0.3 is 19.3 Å². The van der Waals surface area contributed by atoms with Gasteiger partial charge in [0.25, 0.3) is 0 Å². The Morgan fingerprint density at radius 3 is 2.38 bits per heavy atom. The van der Waals surface area contributed by atoms with E-state index in [-0.39, 0.29) is 6.61 Å². The first-order valence-electron chi connectivity index (χ1n) is 12.4. The zero-order valence-electron chi connectivity index (χ0n) is 20.6. The topological polar surface area (TPSA) is 77.9 Å². The molecule has 1 heterocycles. The molecule has 0 atom stereocenters. The van der Waals surface area contributed by atoms with Crippen LogP contribution >= 0.6 is 0 Å². The van der Waals surface area contributed by atoms with E-state index >= 15 is 0 Å². The van der Waals surface area contributed by atoms with Gasteiger partial charge in [-0.1, -0.05) is 51.2 Å². The number of ether oxygens (including phenoxy) is 3. The standard InChI is InChI=1S/C28H39NO5/c1-3-4-20-34-28(31)19-17-26-27(18-14-24(22-30)29-26)33-21-10-8-6-5-7-9-11-23-12-15-25(32-2)16-13-23/h12-19,30H,3-11,20-22H2,1-2H3. The van der Waals surface area contributed by atoms with Crippen LogP contribution in [0.25, 0.3) is 6.08 Å². The number of carbonyl (C=O) groups excluding carboxylic acids is 1. The van der Waals surface area contributed by atoms with Crippen LogP contribution in [0.4, 0.5) is 0 Å². The summed E-state index contributed by atoms with van der Waals surface area (Å²) >= 11 is 0. The second kappa shape index (κ2) is 16.7. The average molecular weight is 470 g/mol. The number of rotatable bonds is 17. The minimum atomic E-state index is -0.400. The van der Waals surface area contributed by atoms with Crippen LogP contribution in [0.1, 0.15) is 75.2 Å². The zero-order chi connectivity index (χ0) is 24.4. The van der Waals surface area contributed by atoms with Crippen LogP contribution < -0.4 is 9.47 Å². The van der Waals surface area contributed by atoms with Crippen LogP contribution in [0, 0.1) is 0 Å². The van der Waals surface area contributed by atoms with Gasteiger partial charge in [0.1, 0.15) is 17.2 Å². The summed E-state index contributed by atoms with van der Waals surface area (Å²) < 4.78 is 16.3. The Morgan fingerprint density at radius 1 is 0.941 bits per heavy atom. The Morgan fingerprint density at radius 2 is 1.68 bits per heavy atom. The Bertz CT molecular complexity index is 864. The molecule has 0 unspecified atom stereocenters. The minimum Gasteiger partial charge on any atom is -0.497 e. The molecule has 0 spiro atoms. The lowest BCUT2D eigenvalue weighted by molar-refractivity contribution is -0.137. The van der Waals surface area contributed by atoms with Crippen molar-refractivity contribution in [3.05, 3.63) is 59.4 Å². The molecule has 34 heavy (non-hydrogen) atoms. The van der Waals surface area contributed by atoms with Gasteiger partial charge in [0, 0.05) is 6.08 Å². The fourth-order valence-corrected chi connectivity index (χ4v) is 3.46. The van der Waals surface area contributed by atoms with Crippen molar-refractivity contribution in [2.45, 2.75) is 71.3 Å². The molecule has 2 rings (SSSR count). The second-order valence-electron chi connectivity index (χ2n) is 8.27. The number of carbonyl (C=O) groups is 1. The number of nitrogens with zero attached hydrogens (tertiary/aromatic N) is 1. The summed E-state index contributed by atoms with van der Waals surface area (Å²) in [6, 6.07) is 11.8. The Labute approximate surface area is 204 Å². The van der Waals surface area contributed by atoms with Gasteiger partial charge in [0.05, 0.1) is 32.6 Å². The fraction of sp³-hybridized carbons (Fsp3) is 0.500. The number of esters is 1. The first kappa shape index (κ1) is 27.4. The van der Waals surface area contributed by atoms with Gasteiger partial charge in [-0.25, -0.2) is 9.78 Å². The van der Waals surface area contributed by atoms with Crippen molar-refractivity contribution in [1.82, 2.24) is 4.98 Å². The van der Waals surface area contributed by atoms with Crippen LogP contribution in [0.15, 0.2) is 42.5 Å². The summed E-state index contributed by atoms with van der Waals surface area (Å²) in [6.07, 6.45) is 12.8. The van der Waals surface area contributed by atoms with E-state index < -0.39 is 5.97 Å². The van der Waals surface area contributed by atoms with E-state index in [9.17, 15) is 9.90 Å². The molecule has 1 N–H and O–H groups in total. The first-order valence-corrected chi connectivity index (χ1v) is 12.4. The number of aromatic nitrogens is 1. The van der Waals surface area contributed by atoms with Crippen LogP contribution in [0.2, 0.25) is 0 Å². The Balaban J connectivity index is 1.65. The predicted molar refractivity (Wildman–Crippen MR) is 135 cm³/mol. The molecular formula is C28H39NO5. The minimum absolute atomic E-state index is 0.166. The number of aliphatic hydroxyl groups is 1. The summed E-state index contributed by atoms with van der Waals surface area (Å²) in [5.41, 5.74) is 2.41. The van der Waals surface area contributed by atoms with Crippen LogP contribution in [0.5, 0.6) is 11.5 Å². The quantitative estimate of drug-likeness (QED) is 0.177. The number of hydrogen-bond donors (Lipinski definition) is 1. The first-order chi connectivity index (χ1) is 16.7. The molecule has 1 aromatic carbocycles. The molecule has 6 heteroatoms. The van der Waals surface area contributed by atoms with Gasteiger partial charge >= 0.3 is 5.97 Å². The van der Waals surface area contributed by atoms with Gasteiger partial charge in [-0.15, -0.1) is 0 Å². The SMILES string of the molecule is CCCCOC(=O)C=Cc1nc(CO)ccc1OCCCCCCCCc1ccc(OC)cc1. The molecule has 0 aliphatic heterocycles. The van der Waals surface area contributed by atoms with Crippen LogP contribution in [0.3, 0.4) is 0 Å². The predicted octanol–water partition coefficient (Wildman–Crippen LogP) is 5.90. The van der Waals surface area contributed by atoms with E-state index in [4.69, 9.17) is 14.2 Å². The van der Waals surface area contributed by atoms with Crippen molar-refractivity contribution < 1.29 is 24.1 Å². The third-order valence-corrected chi connectivity index (χ3v) is 5.50. The lowest BCUT2D eigenvalue weighted by Gasteiger charge is -2.10. The van der Waals surface area contributed by atoms with Gasteiger partial charge in [0.15, 0.2) is 0 Å². The smallest absolute Gasteiger partial charge is 0.330 e. The molecule has 0 aliphatic rings. The van der Waals surface area contributed by atoms with Crippen molar-refractivity contribution in [1.29, 1.82) is 0 Å². The number of hydrogen-bond acceptors (Lipinski definition) is 6. The number of benzene rings is 1. The van der Waals surface area contributed by atoms with Crippen LogP contribution in [-0.2, 0) is 22.6 Å². The molecule has 0 radical (unpaired) electrons. The lowest BCUT2D eigenvalue weighted by Crippen LogP contribution is -2.04. The molecule has 6 nitrogen and oxygen atoms in total. The third kappa shape index (κ3) is 10.8. The van der Waals surface area contributed by atoms with E-state index in [0.29, 0.717) is 30.4 Å². The van der Waals surface area contributed by atoms with E-state index in [1.807, 2.05) is 19.1 Å². The normalized spacial score (nSPS) is 11.0. The highest BCUT2D eigenvalue weighted by Gasteiger charge is 2.06. The monoisotopic (exact) mass is 469 g/mol. The molecular weight excluding hydrogens is 430 g/mol. The molecule has 0 fully saturated rings. The lowest BCUT2D eigenvalue weighted by atomic mass is 10.0. The molecule has 0 amide bonds. The van der Waals surface area contributed by atoms with Crippen LogP contribution in [-0.4, -0.2) is 36.4 Å². The molecule has 0 saturated carbocycles. The Kier molecular flexibility index (Phi) is 13.5. The maximum Gasteiger partial charge on any atom is 0.330 e. The Hall–Kier alpha value is -2.86. The largest absolute Gasteiger partial charge is 0.497 e. The van der Waals surface area contributed by atoms with Crippen molar-refractivity contribution >= 4 is 12.0 Å². The third-order valence-electron chi connectivity index (χ3n) is 5.50. The molecule has 0 aliphatic carbocycles. The molecule has 1 aromatic heterocycles. The van der Waals surface area contributed by atoms with Crippen molar-refractivity contribution in [2.24, 2.45) is 0 Å². The number of unbranched alkanes of at least 4 members (excludes halogenated alkanes) is 6. The van der Waals surface area contributed by atoms with Gasteiger partial charge in [-0.3, -0.25) is 0 Å². The molecule has 2 aromatic rings. The van der Waals surface area contributed by atoms with Gasteiger partial charge in [-0.2, -0.15) is 0 Å². The maximum absolute atomic E-state index is 11.8. The molecule has 0 bridgehead atoms. The zero-order valence-corrected chi connectivity index (χ0v) is 20.6. The summed E-state index contributed by atoms with van der Waals surface area (Å²) in [7, 11) is 1.69. The maximum atomic E-state index is 11.8. The number of methoxy groups -OCH3 is 1. The summed E-state index contributed by atoms with van der Waals surface area (Å²) in [5.74, 6) is 1.11. The fourth-order valence-electron chi connectivity index (χ4n) is 3.46. The summed E-state index contributed by atoms with van der Waals surface area (Å²) in [6.45, 7) is 2.88. The van der Waals surface area contributed by atoms with Gasteiger partial charge in [0.2, 0.25) is 0 Å². The van der Waals surface area contributed by atoms with E-state index in [2.05, 4.69) is 17.1 Å². The number of aryl methyl sites for hydroxylation is 1. The summed E-state index contributed by atoms with van der Waals surface area (Å²) in [5, 5.41) is 9.37. The summed E-state index contributed by atoms with van der Waals surface area (Å²) in [4.78, 5) is 16.2. The highest BCUT2D eigenvalue weighted by molar-refractivity contribution is 5.87. The van der Waals surface area contributed by atoms with Crippen molar-refractivity contribution in [2.75, 3.05) is 20.3 Å².